The fourth-order valence-corrected chi connectivity index (χ4v) is 6.79. The summed E-state index contributed by atoms with van der Waals surface area (Å²) in [6.45, 7) is 0. The van der Waals surface area contributed by atoms with Crippen molar-refractivity contribution in [3.63, 3.8) is 0 Å². The summed E-state index contributed by atoms with van der Waals surface area (Å²) in [4.78, 5) is 13.0. The number of nitrogens with zero attached hydrogens (tertiary/aromatic N) is 2. The molecule has 1 aliphatic carbocycles. The molecule has 148 valence electrons. The lowest BCUT2D eigenvalue weighted by atomic mass is 10.1. The highest BCUT2D eigenvalue weighted by atomic mass is 32.2. The van der Waals surface area contributed by atoms with Crippen LogP contribution in [0.15, 0.2) is 48.5 Å². The van der Waals surface area contributed by atoms with E-state index in [1.54, 1.807) is 22.9 Å². The minimum atomic E-state index is -0.337. The molecule has 3 aromatic rings. The molecule has 0 atom stereocenters. The molecule has 0 unspecified atom stereocenters. The average molecular weight is 426 g/mol. The summed E-state index contributed by atoms with van der Waals surface area (Å²) < 4.78 is 16.4. The second kappa shape index (κ2) is 7.88. The Labute approximate surface area is 177 Å². The van der Waals surface area contributed by atoms with E-state index in [1.165, 1.54) is 11.6 Å². The van der Waals surface area contributed by atoms with Gasteiger partial charge in [0.15, 0.2) is 5.69 Å². The molecule has 1 N–H and O–H groups in total. The Morgan fingerprint density at radius 1 is 1.10 bits per heavy atom. The molecular weight excluding hydrogens is 405 g/mol. The van der Waals surface area contributed by atoms with Gasteiger partial charge in [-0.05, 0) is 49.1 Å². The van der Waals surface area contributed by atoms with Gasteiger partial charge in [-0.15, -0.1) is 23.5 Å². The predicted molar refractivity (Wildman–Crippen MR) is 118 cm³/mol. The fourth-order valence-electron chi connectivity index (χ4n) is 3.95. The molecule has 0 radical (unpaired) electrons. The Hall–Kier alpha value is -2.25. The summed E-state index contributed by atoms with van der Waals surface area (Å²) in [7, 11) is 0. The highest BCUT2D eigenvalue weighted by molar-refractivity contribution is 8.19. The first-order valence-electron chi connectivity index (χ1n) is 9.71. The van der Waals surface area contributed by atoms with Crippen LogP contribution in [0.1, 0.15) is 38.3 Å². The standard InChI is InChI=1S/C22H20FN3OS2/c23-17-8-1-2-9-19(17)26-18-10-4-7-16(18)20(25-26)21(27)24-15-6-3-5-14(13-15)22-28-11-12-29-22/h1-3,5-6,8-9,13,22H,4,7,10-12H2,(H,24,27). The van der Waals surface area contributed by atoms with Gasteiger partial charge in [-0.25, -0.2) is 9.07 Å². The number of amides is 1. The van der Waals surface area contributed by atoms with Gasteiger partial charge >= 0.3 is 0 Å². The van der Waals surface area contributed by atoms with Crippen molar-refractivity contribution in [2.24, 2.45) is 0 Å². The zero-order chi connectivity index (χ0) is 19.8. The van der Waals surface area contributed by atoms with Crippen molar-refractivity contribution in [1.29, 1.82) is 0 Å². The fraction of sp³-hybridized carbons (Fsp3) is 0.273. The summed E-state index contributed by atoms with van der Waals surface area (Å²) in [5.74, 6) is 1.75. The van der Waals surface area contributed by atoms with E-state index in [9.17, 15) is 9.18 Å². The van der Waals surface area contributed by atoms with Gasteiger partial charge in [-0.1, -0.05) is 24.3 Å². The maximum atomic E-state index is 14.3. The van der Waals surface area contributed by atoms with Crippen molar-refractivity contribution < 1.29 is 9.18 Å². The molecule has 5 rings (SSSR count). The molecule has 1 aliphatic heterocycles. The predicted octanol–water partition coefficient (Wildman–Crippen LogP) is 5.23. The monoisotopic (exact) mass is 425 g/mol. The smallest absolute Gasteiger partial charge is 0.276 e. The van der Waals surface area contributed by atoms with Crippen molar-refractivity contribution in [2.45, 2.75) is 23.8 Å². The Bertz CT molecular complexity index is 1080. The second-order valence-electron chi connectivity index (χ2n) is 7.14. The number of thioether (sulfide) groups is 2. The molecule has 1 aromatic heterocycles. The first kappa shape index (κ1) is 18.8. The van der Waals surface area contributed by atoms with Crippen LogP contribution in [0.3, 0.4) is 0 Å². The van der Waals surface area contributed by atoms with E-state index >= 15 is 0 Å². The highest BCUT2D eigenvalue weighted by Gasteiger charge is 2.28. The number of carbonyl (C=O) groups excluding carboxylic acids is 1. The van der Waals surface area contributed by atoms with Crippen molar-refractivity contribution in [3.8, 4) is 5.69 Å². The van der Waals surface area contributed by atoms with Crippen molar-refractivity contribution in [1.82, 2.24) is 9.78 Å². The van der Waals surface area contributed by atoms with Crippen LogP contribution in [0.25, 0.3) is 5.69 Å². The number of benzene rings is 2. The summed E-state index contributed by atoms with van der Waals surface area (Å²) in [6.07, 6.45) is 2.55. The third-order valence-electron chi connectivity index (χ3n) is 5.26. The summed E-state index contributed by atoms with van der Waals surface area (Å²) in [5.41, 5.74) is 4.65. The first-order valence-corrected chi connectivity index (χ1v) is 11.8. The average Bonchev–Trinajstić information content (AvgIpc) is 3.47. The number of fused-ring (bicyclic) bond motifs is 1. The van der Waals surface area contributed by atoms with Crippen LogP contribution in [-0.4, -0.2) is 27.2 Å². The molecule has 1 saturated heterocycles. The summed E-state index contributed by atoms with van der Waals surface area (Å²) in [6, 6.07) is 14.6. The van der Waals surface area contributed by atoms with E-state index in [2.05, 4.69) is 16.5 Å². The summed E-state index contributed by atoms with van der Waals surface area (Å²) in [5, 5.41) is 7.52. The highest BCUT2D eigenvalue weighted by Crippen LogP contribution is 2.45. The number of halogens is 1. The van der Waals surface area contributed by atoms with Crippen molar-refractivity contribution in [2.75, 3.05) is 16.8 Å². The molecule has 0 bridgehead atoms. The number of para-hydroxylation sites is 1. The van der Waals surface area contributed by atoms with Gasteiger partial charge in [0.25, 0.3) is 5.91 Å². The second-order valence-corrected chi connectivity index (χ2v) is 9.87. The van der Waals surface area contributed by atoms with Crippen LogP contribution in [0.2, 0.25) is 0 Å². The largest absolute Gasteiger partial charge is 0.321 e. The van der Waals surface area contributed by atoms with E-state index in [0.29, 0.717) is 16.0 Å². The zero-order valence-electron chi connectivity index (χ0n) is 15.7. The van der Waals surface area contributed by atoms with Crippen LogP contribution in [-0.2, 0) is 12.8 Å². The number of hydrogen-bond donors (Lipinski definition) is 1. The van der Waals surface area contributed by atoms with Gasteiger partial charge in [0.1, 0.15) is 11.5 Å². The third-order valence-corrected chi connectivity index (χ3v) is 8.37. The molecule has 2 heterocycles. The van der Waals surface area contributed by atoms with E-state index < -0.39 is 0 Å². The zero-order valence-corrected chi connectivity index (χ0v) is 17.4. The molecular formula is C22H20FN3OS2. The van der Waals surface area contributed by atoms with Gasteiger partial charge in [0.05, 0.1) is 4.58 Å². The quantitative estimate of drug-likeness (QED) is 0.622. The van der Waals surface area contributed by atoms with E-state index in [4.69, 9.17) is 0 Å². The van der Waals surface area contributed by atoms with Gasteiger partial charge in [-0.3, -0.25) is 4.79 Å². The Morgan fingerprint density at radius 2 is 1.93 bits per heavy atom. The number of rotatable bonds is 4. The number of anilines is 1. The Kier molecular flexibility index (Phi) is 5.09. The lowest BCUT2D eigenvalue weighted by molar-refractivity contribution is 0.102. The number of hydrogen-bond acceptors (Lipinski definition) is 4. The maximum Gasteiger partial charge on any atom is 0.276 e. The van der Waals surface area contributed by atoms with E-state index in [-0.39, 0.29) is 11.7 Å². The minimum absolute atomic E-state index is 0.234. The van der Waals surface area contributed by atoms with Gasteiger partial charge in [0, 0.05) is 28.5 Å². The molecule has 1 fully saturated rings. The Balaban J connectivity index is 1.45. The topological polar surface area (TPSA) is 46.9 Å². The first-order chi connectivity index (χ1) is 14.2. The third kappa shape index (κ3) is 3.57. The SMILES string of the molecule is O=C(Nc1cccc(C2SCCS2)c1)c1nn(-c2ccccc2F)c2c1CCC2. The normalized spacial score (nSPS) is 16.2. The van der Waals surface area contributed by atoms with Crippen molar-refractivity contribution in [3.05, 3.63) is 76.9 Å². The molecule has 0 saturated carbocycles. The molecule has 2 aromatic carbocycles. The number of carbonyl (C=O) groups is 1. The molecule has 2 aliphatic rings. The van der Waals surface area contributed by atoms with E-state index in [1.807, 2.05) is 41.7 Å². The lowest BCUT2D eigenvalue weighted by Crippen LogP contribution is -2.15. The minimum Gasteiger partial charge on any atom is -0.321 e. The van der Waals surface area contributed by atoms with Crippen LogP contribution in [0.4, 0.5) is 10.1 Å². The lowest BCUT2D eigenvalue weighted by Gasteiger charge is -2.11. The Morgan fingerprint density at radius 3 is 2.76 bits per heavy atom. The molecule has 4 nitrogen and oxygen atoms in total. The van der Waals surface area contributed by atoms with Crippen LogP contribution >= 0.6 is 23.5 Å². The maximum absolute atomic E-state index is 14.3. The van der Waals surface area contributed by atoms with Gasteiger partial charge in [0.2, 0.25) is 0 Å². The number of aromatic nitrogens is 2. The van der Waals surface area contributed by atoms with Crippen molar-refractivity contribution >= 4 is 35.1 Å². The van der Waals surface area contributed by atoms with Gasteiger partial charge in [-0.2, -0.15) is 5.10 Å². The van der Waals surface area contributed by atoms with Crippen LogP contribution in [0.5, 0.6) is 0 Å². The van der Waals surface area contributed by atoms with Gasteiger partial charge < -0.3 is 5.32 Å². The molecule has 1 amide bonds. The molecule has 0 spiro atoms. The van der Waals surface area contributed by atoms with Crippen LogP contribution < -0.4 is 5.32 Å². The van der Waals surface area contributed by atoms with Crippen LogP contribution in [0, 0.1) is 5.82 Å². The molecule has 7 heteroatoms. The number of nitrogens with one attached hydrogen (secondary N) is 1. The summed E-state index contributed by atoms with van der Waals surface area (Å²) >= 11 is 3.87. The van der Waals surface area contributed by atoms with E-state index in [0.717, 1.165) is 47.7 Å². The molecule has 29 heavy (non-hydrogen) atoms.